The van der Waals surface area contributed by atoms with Crippen molar-refractivity contribution >= 4 is 15.8 Å². The van der Waals surface area contributed by atoms with Crippen LogP contribution in [0.5, 0.6) is 5.75 Å². The van der Waals surface area contributed by atoms with Crippen LogP contribution < -0.4 is 4.74 Å². The third-order valence-electron chi connectivity index (χ3n) is 6.39. The van der Waals surface area contributed by atoms with Gasteiger partial charge in [-0.1, -0.05) is 54.1 Å². The summed E-state index contributed by atoms with van der Waals surface area (Å²) in [6.45, 7) is 6.16. The number of rotatable bonds is 7. The maximum absolute atomic E-state index is 11.6. The van der Waals surface area contributed by atoms with E-state index in [4.69, 9.17) is 14.6 Å². The van der Waals surface area contributed by atoms with Gasteiger partial charge in [0.1, 0.15) is 5.75 Å². The lowest BCUT2D eigenvalue weighted by molar-refractivity contribution is -0.192. The molecule has 0 spiro atoms. The van der Waals surface area contributed by atoms with Gasteiger partial charge in [0.2, 0.25) is 0 Å². The van der Waals surface area contributed by atoms with Gasteiger partial charge in [-0.15, -0.1) is 0 Å². The van der Waals surface area contributed by atoms with Gasteiger partial charge in [-0.3, -0.25) is 4.90 Å². The molecule has 3 aromatic carbocycles. The average molecular weight is 564 g/mol. The van der Waals surface area contributed by atoms with Crippen molar-refractivity contribution < 1.29 is 36.2 Å². The van der Waals surface area contributed by atoms with E-state index < -0.39 is 22.0 Å². The van der Waals surface area contributed by atoms with Crippen molar-refractivity contribution in [2.45, 2.75) is 37.4 Å². The lowest BCUT2D eigenvalue weighted by Gasteiger charge is -2.32. The molecule has 0 atom stereocenters. The molecule has 0 aliphatic carbocycles. The summed E-state index contributed by atoms with van der Waals surface area (Å²) < 4.78 is 61.0. The molecule has 1 fully saturated rings. The Kier molecular flexibility index (Phi) is 10.2. The summed E-state index contributed by atoms with van der Waals surface area (Å²) >= 11 is 0. The Morgan fingerprint density at radius 2 is 1.51 bits per heavy atom. The lowest BCUT2D eigenvalue weighted by Crippen LogP contribution is -2.35. The molecule has 0 aromatic heterocycles. The molecule has 1 saturated heterocycles. The first-order valence-electron chi connectivity index (χ1n) is 12.4. The van der Waals surface area contributed by atoms with E-state index in [1.165, 1.54) is 17.4 Å². The van der Waals surface area contributed by atoms with Crippen molar-refractivity contribution in [1.29, 1.82) is 0 Å². The summed E-state index contributed by atoms with van der Waals surface area (Å²) in [7, 11) is -3.17. The Hall–Kier alpha value is -3.37. The molecule has 1 heterocycles. The molecular formula is C29H32F3NO5S. The van der Waals surface area contributed by atoms with E-state index in [2.05, 4.69) is 36.1 Å². The van der Waals surface area contributed by atoms with Crippen molar-refractivity contribution in [3.05, 3.63) is 83.9 Å². The summed E-state index contributed by atoms with van der Waals surface area (Å²) in [5.74, 6) is -1.29. The summed E-state index contributed by atoms with van der Waals surface area (Å²) in [5, 5.41) is 7.12. The molecule has 0 amide bonds. The number of carboxylic acid groups (broad SMARTS) is 1. The van der Waals surface area contributed by atoms with E-state index in [9.17, 15) is 21.6 Å². The average Bonchev–Trinajstić information content (AvgIpc) is 2.88. The molecule has 10 heteroatoms. The highest BCUT2D eigenvalue weighted by atomic mass is 32.2. The molecule has 0 bridgehead atoms. The van der Waals surface area contributed by atoms with E-state index in [-0.39, 0.29) is 0 Å². The largest absolute Gasteiger partial charge is 0.493 e. The highest BCUT2D eigenvalue weighted by Crippen LogP contribution is 2.25. The lowest BCUT2D eigenvalue weighted by atomic mass is 9.97. The zero-order valence-electron chi connectivity index (χ0n) is 21.8. The van der Waals surface area contributed by atoms with Crippen LogP contribution in [0.2, 0.25) is 0 Å². The number of benzene rings is 3. The van der Waals surface area contributed by atoms with Gasteiger partial charge < -0.3 is 9.84 Å². The molecular weight excluding hydrogens is 531 g/mol. The molecule has 3 aromatic rings. The normalized spacial score (nSPS) is 14.8. The van der Waals surface area contributed by atoms with Crippen LogP contribution in [0.15, 0.2) is 77.7 Å². The third-order valence-corrected chi connectivity index (χ3v) is 7.52. The Balaban J connectivity index is 0.000000532. The molecule has 210 valence electrons. The molecule has 6 nitrogen and oxygen atoms in total. The maximum atomic E-state index is 11.6. The second-order valence-corrected chi connectivity index (χ2v) is 11.7. The number of ether oxygens (including phenoxy) is 1. The number of hydrogen-bond donors (Lipinski definition) is 1. The number of carbonyl (C=O) groups is 1. The minimum Gasteiger partial charge on any atom is -0.493 e. The van der Waals surface area contributed by atoms with E-state index in [0.717, 1.165) is 56.0 Å². The third kappa shape index (κ3) is 9.71. The monoisotopic (exact) mass is 563 g/mol. The van der Waals surface area contributed by atoms with Crippen LogP contribution in [0, 0.1) is 12.8 Å². The number of hydrogen-bond acceptors (Lipinski definition) is 5. The van der Waals surface area contributed by atoms with Crippen LogP contribution >= 0.6 is 0 Å². The smallest absolute Gasteiger partial charge is 0.490 e. The highest BCUT2D eigenvalue weighted by molar-refractivity contribution is 7.90. The predicted octanol–water partition coefficient (Wildman–Crippen LogP) is 5.99. The number of carboxylic acids is 1. The Morgan fingerprint density at radius 3 is 2.00 bits per heavy atom. The zero-order valence-corrected chi connectivity index (χ0v) is 22.6. The predicted molar refractivity (Wildman–Crippen MR) is 143 cm³/mol. The van der Waals surface area contributed by atoms with Crippen LogP contribution in [0.4, 0.5) is 13.2 Å². The first-order chi connectivity index (χ1) is 18.3. The summed E-state index contributed by atoms with van der Waals surface area (Å²) in [6.07, 6.45) is -1.53. The van der Waals surface area contributed by atoms with Crippen LogP contribution in [0.25, 0.3) is 11.1 Å². The van der Waals surface area contributed by atoms with Crippen molar-refractivity contribution in [2.24, 2.45) is 5.92 Å². The topological polar surface area (TPSA) is 83.9 Å². The Morgan fingerprint density at radius 1 is 0.974 bits per heavy atom. The standard InChI is InChI=1S/C27H31NO3S.C2HF3O2/c1-21-4-3-5-23(18-21)19-28-16-14-22(15-17-28)20-31-26-10-6-24(7-11-26)25-8-12-27(13-9-25)32(2,29)30;3-2(4,5)1(6)7/h3-13,18,22H,14-17,19-20H2,1-2H3;(H,6,7). The minimum absolute atomic E-state index is 0.339. The molecule has 0 unspecified atom stereocenters. The molecule has 39 heavy (non-hydrogen) atoms. The fourth-order valence-corrected chi connectivity index (χ4v) is 4.86. The number of nitrogens with zero attached hydrogens (tertiary/aromatic N) is 1. The van der Waals surface area contributed by atoms with E-state index in [1.54, 1.807) is 12.1 Å². The quantitative estimate of drug-likeness (QED) is 0.380. The number of piperidine rings is 1. The van der Waals surface area contributed by atoms with Gasteiger partial charge in [-0.2, -0.15) is 13.2 Å². The minimum atomic E-state index is -5.08. The summed E-state index contributed by atoms with van der Waals surface area (Å²) in [5.41, 5.74) is 4.75. The second kappa shape index (κ2) is 13.1. The molecule has 1 N–H and O–H groups in total. The highest BCUT2D eigenvalue weighted by Gasteiger charge is 2.38. The maximum Gasteiger partial charge on any atom is 0.490 e. The van der Waals surface area contributed by atoms with Crippen LogP contribution in [0.3, 0.4) is 0 Å². The Labute approximate surface area is 227 Å². The van der Waals surface area contributed by atoms with Gasteiger partial charge in [0.15, 0.2) is 9.84 Å². The van der Waals surface area contributed by atoms with E-state index in [0.29, 0.717) is 10.8 Å². The van der Waals surface area contributed by atoms with Crippen LogP contribution in [-0.2, 0) is 21.2 Å². The SMILES string of the molecule is Cc1cccc(CN2CCC(COc3ccc(-c4ccc(S(C)(=O)=O)cc4)cc3)CC2)c1.O=C(O)C(F)(F)F. The van der Waals surface area contributed by atoms with Crippen LogP contribution in [-0.4, -0.2) is 56.5 Å². The molecule has 1 aliphatic heterocycles. The zero-order chi connectivity index (χ0) is 28.6. The van der Waals surface area contributed by atoms with Gasteiger partial charge >= 0.3 is 12.1 Å². The summed E-state index contributed by atoms with van der Waals surface area (Å²) in [4.78, 5) is 11.8. The van der Waals surface area contributed by atoms with E-state index >= 15 is 0 Å². The van der Waals surface area contributed by atoms with Gasteiger partial charge in [0.25, 0.3) is 0 Å². The molecule has 0 saturated carbocycles. The van der Waals surface area contributed by atoms with Crippen molar-refractivity contribution in [3.8, 4) is 16.9 Å². The van der Waals surface area contributed by atoms with Crippen molar-refractivity contribution in [2.75, 3.05) is 26.0 Å². The number of likely N-dealkylation sites (tertiary alicyclic amines) is 1. The fourth-order valence-electron chi connectivity index (χ4n) is 4.23. The first-order valence-corrected chi connectivity index (χ1v) is 14.3. The Bertz CT molecular complexity index is 1330. The number of aliphatic carboxylic acids is 1. The number of aryl methyl sites for hydroxylation is 1. The number of halogens is 3. The van der Waals surface area contributed by atoms with Gasteiger partial charge in [-0.05, 0) is 79.7 Å². The molecule has 4 rings (SSSR count). The van der Waals surface area contributed by atoms with Crippen LogP contribution in [0.1, 0.15) is 24.0 Å². The first kappa shape index (κ1) is 30.2. The van der Waals surface area contributed by atoms with Gasteiger partial charge in [0.05, 0.1) is 11.5 Å². The second-order valence-electron chi connectivity index (χ2n) is 9.64. The fraction of sp³-hybridized carbons (Fsp3) is 0.345. The number of alkyl halides is 3. The van der Waals surface area contributed by atoms with E-state index in [1.807, 2.05) is 36.4 Å². The van der Waals surface area contributed by atoms with Gasteiger partial charge in [-0.25, -0.2) is 13.2 Å². The molecule has 0 radical (unpaired) electrons. The van der Waals surface area contributed by atoms with Crippen molar-refractivity contribution in [1.82, 2.24) is 4.90 Å². The van der Waals surface area contributed by atoms with Gasteiger partial charge in [0, 0.05) is 12.8 Å². The van der Waals surface area contributed by atoms with Crippen molar-refractivity contribution in [3.63, 3.8) is 0 Å². The number of sulfone groups is 1. The summed E-state index contributed by atoms with van der Waals surface area (Å²) in [6, 6.07) is 23.8. The molecule has 1 aliphatic rings.